The first-order valence-corrected chi connectivity index (χ1v) is 8.92. The van der Waals surface area contributed by atoms with Crippen LogP contribution in [0.5, 0.6) is 11.5 Å². The van der Waals surface area contributed by atoms with Crippen LogP contribution in [0.2, 0.25) is 0 Å². The molecule has 8 nitrogen and oxygen atoms in total. The molecule has 26 heavy (non-hydrogen) atoms. The van der Waals surface area contributed by atoms with E-state index in [4.69, 9.17) is 18.9 Å². The zero-order valence-corrected chi connectivity index (χ0v) is 16.0. The molecule has 2 aliphatic heterocycles. The normalized spacial score (nSPS) is 18.4. The first-order valence-electron chi connectivity index (χ1n) is 8.13. The lowest BCUT2D eigenvalue weighted by Gasteiger charge is -2.28. The van der Waals surface area contributed by atoms with Crippen molar-refractivity contribution in [2.45, 2.75) is 19.9 Å². The van der Waals surface area contributed by atoms with Gasteiger partial charge in [0.1, 0.15) is 6.61 Å². The molecule has 0 saturated carbocycles. The summed E-state index contributed by atoms with van der Waals surface area (Å²) in [6.45, 7) is 4.64. The minimum Gasteiger partial charge on any atom is -0.460 e. The summed E-state index contributed by atoms with van der Waals surface area (Å²) in [5.41, 5.74) is 1.42. The molecule has 2 amide bonds. The van der Waals surface area contributed by atoms with Crippen molar-refractivity contribution in [2.75, 3.05) is 26.6 Å². The molecule has 1 aromatic carbocycles. The highest BCUT2D eigenvalue weighted by atomic mass is 79.9. The Balaban J connectivity index is 1.90. The maximum Gasteiger partial charge on any atom is 0.338 e. The largest absolute Gasteiger partial charge is 0.460 e. The zero-order chi connectivity index (χ0) is 18.7. The van der Waals surface area contributed by atoms with E-state index in [-0.39, 0.29) is 13.4 Å². The lowest BCUT2D eigenvalue weighted by molar-refractivity contribution is -0.141. The van der Waals surface area contributed by atoms with Crippen molar-refractivity contribution < 1.29 is 28.5 Å². The number of halogens is 1. The Morgan fingerprint density at radius 1 is 1.31 bits per heavy atom. The van der Waals surface area contributed by atoms with Gasteiger partial charge in [0, 0.05) is 16.8 Å². The van der Waals surface area contributed by atoms with E-state index in [1.807, 2.05) is 6.92 Å². The van der Waals surface area contributed by atoms with Gasteiger partial charge in [0.2, 0.25) is 6.79 Å². The quantitative estimate of drug-likeness (QED) is 0.535. The molecule has 0 aromatic heterocycles. The molecular weight excluding hydrogens is 408 g/mol. The molecule has 9 heteroatoms. The van der Waals surface area contributed by atoms with Crippen LogP contribution >= 0.6 is 15.9 Å². The van der Waals surface area contributed by atoms with E-state index in [9.17, 15) is 9.59 Å². The lowest BCUT2D eigenvalue weighted by atomic mass is 9.95. The van der Waals surface area contributed by atoms with Gasteiger partial charge in [0.15, 0.2) is 11.5 Å². The van der Waals surface area contributed by atoms with Gasteiger partial charge in [-0.25, -0.2) is 9.59 Å². The van der Waals surface area contributed by atoms with E-state index in [1.54, 1.807) is 19.1 Å². The number of ether oxygens (including phenoxy) is 4. The molecule has 2 heterocycles. The van der Waals surface area contributed by atoms with Gasteiger partial charge < -0.3 is 29.6 Å². The monoisotopic (exact) mass is 426 g/mol. The Hall–Kier alpha value is -2.26. The summed E-state index contributed by atoms with van der Waals surface area (Å²) in [5.74, 6) is 0.629. The molecular formula is C17H19BrN2O6. The number of amides is 2. The van der Waals surface area contributed by atoms with Crippen molar-refractivity contribution >= 4 is 27.9 Å². The molecule has 140 valence electrons. The predicted octanol–water partition coefficient (Wildman–Crippen LogP) is 2.39. The summed E-state index contributed by atoms with van der Waals surface area (Å²) in [4.78, 5) is 24.6. The summed E-state index contributed by atoms with van der Waals surface area (Å²) < 4.78 is 21.9. The van der Waals surface area contributed by atoms with Gasteiger partial charge in [-0.15, -0.1) is 0 Å². The molecule has 0 unspecified atom stereocenters. The molecule has 0 aliphatic carbocycles. The van der Waals surface area contributed by atoms with E-state index >= 15 is 0 Å². The first kappa shape index (κ1) is 18.5. The fourth-order valence-electron chi connectivity index (χ4n) is 2.77. The fraction of sp³-hybridized carbons (Fsp3) is 0.412. The number of fused-ring (bicyclic) bond motifs is 1. The molecule has 0 fully saturated rings. The van der Waals surface area contributed by atoms with Gasteiger partial charge in [-0.3, -0.25) is 0 Å². The van der Waals surface area contributed by atoms with Crippen LogP contribution in [0.3, 0.4) is 0 Å². The van der Waals surface area contributed by atoms with Gasteiger partial charge in [-0.05, 0) is 31.5 Å². The van der Waals surface area contributed by atoms with Crippen molar-refractivity contribution in [1.29, 1.82) is 0 Å². The summed E-state index contributed by atoms with van der Waals surface area (Å²) in [6, 6.07) is 2.40. The molecule has 0 bridgehead atoms. The number of carbonyl (C=O) groups is 2. The minimum atomic E-state index is -0.688. The molecule has 0 saturated heterocycles. The van der Waals surface area contributed by atoms with E-state index in [0.29, 0.717) is 46.0 Å². The molecule has 3 rings (SSSR count). The van der Waals surface area contributed by atoms with Crippen LogP contribution in [-0.4, -0.2) is 38.6 Å². The van der Waals surface area contributed by atoms with Gasteiger partial charge in [0.25, 0.3) is 0 Å². The van der Waals surface area contributed by atoms with Gasteiger partial charge in [0.05, 0.1) is 18.2 Å². The molecule has 2 N–H and O–H groups in total. The van der Waals surface area contributed by atoms with E-state index in [0.717, 1.165) is 0 Å². The number of allylic oxidation sites excluding steroid dienone is 1. The van der Waals surface area contributed by atoms with Gasteiger partial charge in [-0.1, -0.05) is 15.9 Å². The number of carbonyl (C=O) groups excluding carboxylic acids is 2. The SMILES string of the molecule is CCOCCOC(=O)C1=C(C)NC(=O)N[C@H]1c1cc2c(cc1Br)OCO2. The number of rotatable bonds is 6. The van der Waals surface area contributed by atoms with E-state index in [1.165, 1.54) is 0 Å². The number of urea groups is 1. The maximum absolute atomic E-state index is 12.6. The second-order valence-corrected chi connectivity index (χ2v) is 6.48. The molecule has 1 atom stereocenters. The number of esters is 1. The third-order valence-electron chi connectivity index (χ3n) is 3.96. The first-order chi connectivity index (χ1) is 12.5. The van der Waals surface area contributed by atoms with Crippen LogP contribution in [0.4, 0.5) is 4.79 Å². The van der Waals surface area contributed by atoms with Crippen molar-refractivity contribution in [3.8, 4) is 11.5 Å². The Labute approximate surface area is 158 Å². The van der Waals surface area contributed by atoms with Crippen molar-refractivity contribution in [3.05, 3.63) is 33.4 Å². The Morgan fingerprint density at radius 3 is 2.77 bits per heavy atom. The highest BCUT2D eigenvalue weighted by Gasteiger charge is 2.34. The zero-order valence-electron chi connectivity index (χ0n) is 14.4. The fourth-order valence-corrected chi connectivity index (χ4v) is 3.32. The van der Waals surface area contributed by atoms with Gasteiger partial charge >= 0.3 is 12.0 Å². The predicted molar refractivity (Wildman–Crippen MR) is 94.8 cm³/mol. The second kappa shape index (κ2) is 7.96. The van der Waals surface area contributed by atoms with Crippen LogP contribution in [0.25, 0.3) is 0 Å². The van der Waals surface area contributed by atoms with Crippen LogP contribution in [0, 0.1) is 0 Å². The van der Waals surface area contributed by atoms with E-state index < -0.39 is 18.0 Å². The van der Waals surface area contributed by atoms with Crippen LogP contribution < -0.4 is 20.1 Å². The lowest BCUT2D eigenvalue weighted by Crippen LogP contribution is -2.45. The molecule has 2 aliphatic rings. The smallest absolute Gasteiger partial charge is 0.338 e. The summed E-state index contributed by atoms with van der Waals surface area (Å²) in [7, 11) is 0. The highest BCUT2D eigenvalue weighted by Crippen LogP contribution is 2.41. The molecule has 0 spiro atoms. The molecule has 0 radical (unpaired) electrons. The second-order valence-electron chi connectivity index (χ2n) is 5.63. The average molecular weight is 427 g/mol. The topological polar surface area (TPSA) is 95.1 Å². The number of nitrogens with one attached hydrogen (secondary N) is 2. The summed E-state index contributed by atoms with van der Waals surface area (Å²) >= 11 is 3.47. The number of hydrogen-bond acceptors (Lipinski definition) is 6. The molecule has 1 aromatic rings. The summed E-state index contributed by atoms with van der Waals surface area (Å²) in [6.07, 6.45) is 0. The Kier molecular flexibility index (Phi) is 5.67. The maximum atomic E-state index is 12.6. The summed E-state index contributed by atoms with van der Waals surface area (Å²) in [5, 5.41) is 5.37. The van der Waals surface area contributed by atoms with E-state index in [2.05, 4.69) is 26.6 Å². The Bertz CT molecular complexity index is 764. The van der Waals surface area contributed by atoms with Crippen molar-refractivity contribution in [2.24, 2.45) is 0 Å². The highest BCUT2D eigenvalue weighted by molar-refractivity contribution is 9.10. The van der Waals surface area contributed by atoms with Crippen molar-refractivity contribution in [1.82, 2.24) is 10.6 Å². The minimum absolute atomic E-state index is 0.130. The Morgan fingerprint density at radius 2 is 2.04 bits per heavy atom. The third kappa shape index (κ3) is 3.78. The van der Waals surface area contributed by atoms with Gasteiger partial charge in [-0.2, -0.15) is 0 Å². The average Bonchev–Trinajstić information content (AvgIpc) is 3.04. The third-order valence-corrected chi connectivity index (χ3v) is 4.64. The van der Waals surface area contributed by atoms with Crippen LogP contribution in [-0.2, 0) is 14.3 Å². The standard InChI is InChI=1S/C17H19BrN2O6/c1-3-23-4-5-24-16(21)14-9(2)19-17(22)20-15(14)10-6-12-13(7-11(10)18)26-8-25-12/h6-7,15H,3-5,8H2,1-2H3,(H2,19,20,22)/t15-/m0/s1. The number of benzene rings is 1. The van der Waals surface area contributed by atoms with Crippen LogP contribution in [0.1, 0.15) is 25.5 Å². The number of hydrogen-bond donors (Lipinski definition) is 2. The van der Waals surface area contributed by atoms with Crippen LogP contribution in [0.15, 0.2) is 27.9 Å². The van der Waals surface area contributed by atoms with Crippen molar-refractivity contribution in [3.63, 3.8) is 0 Å².